The van der Waals surface area contributed by atoms with Gasteiger partial charge in [-0.3, -0.25) is 4.79 Å². The van der Waals surface area contributed by atoms with Gasteiger partial charge in [-0.25, -0.2) is 4.79 Å². The second-order valence-corrected chi connectivity index (χ2v) is 12.5. The number of methoxy groups -OCH3 is 1. The Bertz CT molecular complexity index is 1000. The number of cyclic esters (lactones) is 1. The summed E-state index contributed by atoms with van der Waals surface area (Å²) in [6, 6.07) is 6.86. The first-order chi connectivity index (χ1) is 21.4. The van der Waals surface area contributed by atoms with Gasteiger partial charge in [-0.15, -0.1) is 0 Å². The minimum atomic E-state index is -0.647. The zero-order valence-corrected chi connectivity index (χ0v) is 28.4. The molecule has 1 amide bonds. The van der Waals surface area contributed by atoms with Crippen molar-refractivity contribution in [3.05, 3.63) is 46.9 Å². The molecule has 6 nitrogen and oxygen atoms in total. The number of benzene rings is 1. The largest absolute Gasteiger partial charge is 0.504 e. The zero-order valence-electron chi connectivity index (χ0n) is 28.4. The monoisotopic (exact) mass is 611 g/mol. The van der Waals surface area contributed by atoms with Crippen LogP contribution in [0.15, 0.2) is 41.4 Å². The van der Waals surface area contributed by atoms with Gasteiger partial charge in [0.1, 0.15) is 11.3 Å². The number of aliphatic hydroxyl groups is 1. The van der Waals surface area contributed by atoms with Gasteiger partial charge in [-0.05, 0) is 37.5 Å². The molecule has 0 spiro atoms. The van der Waals surface area contributed by atoms with Crippen LogP contribution < -0.4 is 4.74 Å². The summed E-state index contributed by atoms with van der Waals surface area (Å²) in [4.78, 5) is 28.4. The van der Waals surface area contributed by atoms with Gasteiger partial charge in [0.05, 0.1) is 12.7 Å². The van der Waals surface area contributed by atoms with Crippen molar-refractivity contribution in [2.75, 3.05) is 20.2 Å². The van der Waals surface area contributed by atoms with Crippen LogP contribution in [0.1, 0.15) is 155 Å². The number of ether oxygens (including phenoxy) is 2. The third-order valence-corrected chi connectivity index (χ3v) is 8.74. The summed E-state index contributed by atoms with van der Waals surface area (Å²) >= 11 is 0. The Morgan fingerprint density at radius 2 is 1.11 bits per heavy atom. The fraction of sp³-hybridized carbons (Fsp3) is 0.684. The number of rotatable bonds is 25. The van der Waals surface area contributed by atoms with Crippen LogP contribution in [-0.4, -0.2) is 42.1 Å². The summed E-state index contributed by atoms with van der Waals surface area (Å²) in [5, 5.41) is 11.0. The van der Waals surface area contributed by atoms with Crippen LogP contribution in [0.3, 0.4) is 0 Å². The summed E-state index contributed by atoms with van der Waals surface area (Å²) < 4.78 is 10.7. The quantitative estimate of drug-likeness (QED) is 0.0676. The van der Waals surface area contributed by atoms with Crippen molar-refractivity contribution < 1.29 is 24.2 Å². The maximum atomic E-state index is 13.7. The van der Waals surface area contributed by atoms with Gasteiger partial charge in [0.15, 0.2) is 11.5 Å². The number of amides is 1. The Labute approximate surface area is 268 Å². The first-order valence-corrected chi connectivity index (χ1v) is 17.7. The standard InChI is InChI=1S/C38H61NO5/c1-5-7-9-11-13-15-17-19-21-23-29-39(30-24-22-20-18-16-14-12-10-8-6-2)37(41)31(3)36-35(40)34(38(42)44-36)32-25-27-33(43-4)28-26-32/h25-28,40H,5-24,29-30H2,1-4H3/b36-31+. The van der Waals surface area contributed by atoms with Gasteiger partial charge in [0.25, 0.3) is 5.91 Å². The van der Waals surface area contributed by atoms with Gasteiger partial charge in [-0.2, -0.15) is 0 Å². The fourth-order valence-corrected chi connectivity index (χ4v) is 5.90. The molecule has 1 N–H and O–H groups in total. The molecule has 0 aromatic heterocycles. The van der Waals surface area contributed by atoms with E-state index in [1.165, 1.54) is 103 Å². The number of aliphatic hydroxyl groups excluding tert-OH is 1. The second-order valence-electron chi connectivity index (χ2n) is 12.5. The maximum Gasteiger partial charge on any atom is 0.348 e. The maximum absolute atomic E-state index is 13.7. The number of hydrogen-bond donors (Lipinski definition) is 1. The molecule has 0 fully saturated rings. The van der Waals surface area contributed by atoms with Gasteiger partial charge in [-0.1, -0.05) is 142 Å². The molecular formula is C38H61NO5. The summed E-state index contributed by atoms with van der Waals surface area (Å²) in [6.45, 7) is 7.52. The lowest BCUT2D eigenvalue weighted by atomic mass is 10.0. The van der Waals surface area contributed by atoms with E-state index in [1.807, 2.05) is 4.90 Å². The second kappa shape index (κ2) is 22.7. The van der Waals surface area contributed by atoms with Crippen LogP contribution >= 0.6 is 0 Å². The highest BCUT2D eigenvalue weighted by Crippen LogP contribution is 2.34. The smallest absolute Gasteiger partial charge is 0.348 e. The lowest BCUT2D eigenvalue weighted by Gasteiger charge is -2.24. The minimum absolute atomic E-state index is 0.0260. The lowest BCUT2D eigenvalue weighted by Crippen LogP contribution is -2.34. The lowest BCUT2D eigenvalue weighted by molar-refractivity contribution is -0.131. The summed E-state index contributed by atoms with van der Waals surface area (Å²) in [6.07, 6.45) is 24.9. The van der Waals surface area contributed by atoms with Crippen LogP contribution in [0, 0.1) is 0 Å². The normalized spacial score (nSPS) is 14.2. The molecule has 2 rings (SSSR count). The molecule has 0 atom stereocenters. The minimum Gasteiger partial charge on any atom is -0.504 e. The molecular weight excluding hydrogens is 550 g/mol. The third-order valence-electron chi connectivity index (χ3n) is 8.74. The van der Waals surface area contributed by atoms with E-state index in [1.54, 1.807) is 38.3 Å². The topological polar surface area (TPSA) is 76.1 Å². The van der Waals surface area contributed by atoms with E-state index in [9.17, 15) is 14.7 Å². The number of nitrogens with zero attached hydrogens (tertiary/aromatic N) is 1. The predicted octanol–water partition coefficient (Wildman–Crippen LogP) is 10.5. The molecule has 248 valence electrons. The molecule has 0 saturated carbocycles. The highest BCUT2D eigenvalue weighted by Gasteiger charge is 2.34. The first kappa shape index (κ1) is 37.4. The van der Waals surface area contributed by atoms with E-state index < -0.39 is 5.97 Å². The zero-order chi connectivity index (χ0) is 32.0. The van der Waals surface area contributed by atoms with E-state index in [4.69, 9.17) is 9.47 Å². The molecule has 1 aromatic carbocycles. The van der Waals surface area contributed by atoms with Gasteiger partial charge in [0.2, 0.25) is 0 Å². The van der Waals surface area contributed by atoms with Crippen molar-refractivity contribution in [3.8, 4) is 5.75 Å². The van der Waals surface area contributed by atoms with E-state index in [2.05, 4.69) is 13.8 Å². The number of carbonyl (C=O) groups is 2. The van der Waals surface area contributed by atoms with Gasteiger partial charge in [0, 0.05) is 13.1 Å². The van der Waals surface area contributed by atoms with Crippen molar-refractivity contribution in [2.24, 2.45) is 0 Å². The van der Waals surface area contributed by atoms with Crippen molar-refractivity contribution in [2.45, 2.75) is 149 Å². The van der Waals surface area contributed by atoms with Crippen molar-refractivity contribution in [3.63, 3.8) is 0 Å². The predicted molar refractivity (Wildman–Crippen MR) is 182 cm³/mol. The van der Waals surface area contributed by atoms with Crippen LogP contribution in [-0.2, 0) is 14.3 Å². The summed E-state index contributed by atoms with van der Waals surface area (Å²) in [7, 11) is 1.57. The fourth-order valence-electron chi connectivity index (χ4n) is 5.90. The Kier molecular flexibility index (Phi) is 19.3. The Balaban J connectivity index is 1.96. The van der Waals surface area contributed by atoms with Crippen molar-refractivity contribution in [1.82, 2.24) is 4.90 Å². The molecule has 0 unspecified atom stereocenters. The summed E-state index contributed by atoms with van der Waals surface area (Å²) in [5.41, 5.74) is 0.875. The van der Waals surface area contributed by atoms with E-state index in [-0.39, 0.29) is 28.6 Å². The number of hydrogen-bond acceptors (Lipinski definition) is 5. The molecule has 0 saturated heterocycles. The molecule has 1 aliphatic rings. The van der Waals surface area contributed by atoms with Crippen LogP contribution in [0.25, 0.3) is 5.57 Å². The average molecular weight is 612 g/mol. The molecule has 1 heterocycles. The first-order valence-electron chi connectivity index (χ1n) is 17.7. The number of esters is 1. The Hall–Kier alpha value is -2.76. The molecule has 6 heteroatoms. The number of carbonyl (C=O) groups excluding carboxylic acids is 2. The number of unbranched alkanes of at least 4 members (excludes halogenated alkanes) is 18. The highest BCUT2D eigenvalue weighted by molar-refractivity contribution is 6.21. The molecule has 0 radical (unpaired) electrons. The van der Waals surface area contributed by atoms with E-state index >= 15 is 0 Å². The Morgan fingerprint density at radius 1 is 0.705 bits per heavy atom. The van der Waals surface area contributed by atoms with Gasteiger partial charge >= 0.3 is 5.97 Å². The van der Waals surface area contributed by atoms with Crippen LogP contribution in [0.5, 0.6) is 5.75 Å². The highest BCUT2D eigenvalue weighted by atomic mass is 16.6. The summed E-state index contributed by atoms with van der Waals surface area (Å²) in [5.74, 6) is -0.462. The van der Waals surface area contributed by atoms with Crippen molar-refractivity contribution in [1.29, 1.82) is 0 Å². The third kappa shape index (κ3) is 13.5. The van der Waals surface area contributed by atoms with E-state index in [0.717, 1.165) is 25.7 Å². The molecule has 0 aliphatic carbocycles. The Morgan fingerprint density at radius 3 is 1.52 bits per heavy atom. The van der Waals surface area contributed by atoms with Crippen molar-refractivity contribution >= 4 is 17.4 Å². The average Bonchev–Trinajstić information content (AvgIpc) is 3.34. The molecule has 1 aliphatic heterocycles. The molecule has 44 heavy (non-hydrogen) atoms. The van der Waals surface area contributed by atoms with Crippen LogP contribution in [0.4, 0.5) is 0 Å². The van der Waals surface area contributed by atoms with Crippen LogP contribution in [0.2, 0.25) is 0 Å². The van der Waals surface area contributed by atoms with Gasteiger partial charge < -0.3 is 19.5 Å². The van der Waals surface area contributed by atoms with E-state index in [0.29, 0.717) is 24.4 Å². The molecule has 1 aromatic rings. The molecule has 0 bridgehead atoms. The SMILES string of the molecule is CCCCCCCCCCCCN(CCCCCCCCCCCC)C(=O)/C(C)=C1/OC(=O)C(c2ccc(OC)cc2)=C1O.